The molecule has 1 aliphatic heterocycles. The van der Waals surface area contributed by atoms with Crippen molar-refractivity contribution >= 4 is 29.3 Å². The number of carbonyl (C=O) groups excluding carboxylic acids is 3. The van der Waals surface area contributed by atoms with Crippen LogP contribution in [0.5, 0.6) is 0 Å². The molecule has 4 rings (SSSR count). The molecule has 1 fully saturated rings. The van der Waals surface area contributed by atoms with E-state index in [1.165, 1.54) is 6.07 Å². The van der Waals surface area contributed by atoms with Crippen molar-refractivity contribution in [2.45, 2.75) is 24.8 Å². The molecule has 1 heterocycles. The molecule has 26 heavy (non-hydrogen) atoms. The van der Waals surface area contributed by atoms with Crippen molar-refractivity contribution in [3.05, 3.63) is 70.2 Å². The van der Waals surface area contributed by atoms with Crippen LogP contribution in [0.15, 0.2) is 48.5 Å². The van der Waals surface area contributed by atoms with E-state index in [1.807, 2.05) is 24.3 Å². The molecule has 1 unspecified atom stereocenters. The van der Waals surface area contributed by atoms with Gasteiger partial charge >= 0.3 is 6.03 Å². The number of halogens is 1. The predicted octanol–water partition coefficient (Wildman–Crippen LogP) is 3.31. The summed E-state index contributed by atoms with van der Waals surface area (Å²) >= 11 is 5.92. The number of hydrogen-bond acceptors (Lipinski definition) is 3. The highest BCUT2D eigenvalue weighted by atomic mass is 35.5. The number of fused-ring (bicyclic) bond motifs is 2. The standard InChI is InChI=1S/C20H17ClN2O3/c21-15-8-3-6-14(11-15)17(24)12-23-18(25)20(22-19(23)26)10-4-7-13-5-1-2-9-16(13)20/h1-3,5-6,8-9,11H,4,7,10,12H2,(H,22,26). The molecule has 2 aromatic rings. The van der Waals surface area contributed by atoms with Crippen LogP contribution in [0, 0.1) is 0 Å². The smallest absolute Gasteiger partial charge is 0.319 e. The maximum Gasteiger partial charge on any atom is 0.325 e. The fourth-order valence-electron chi connectivity index (χ4n) is 3.85. The molecule has 0 saturated carbocycles. The Kier molecular flexibility index (Phi) is 4.04. The molecule has 0 radical (unpaired) electrons. The van der Waals surface area contributed by atoms with Gasteiger partial charge in [-0.1, -0.05) is 48.0 Å². The van der Waals surface area contributed by atoms with Crippen LogP contribution in [0.25, 0.3) is 0 Å². The molecule has 1 saturated heterocycles. The first-order valence-electron chi connectivity index (χ1n) is 8.52. The molecule has 0 aromatic heterocycles. The van der Waals surface area contributed by atoms with Gasteiger partial charge in [0.25, 0.3) is 5.91 Å². The maximum absolute atomic E-state index is 13.2. The number of benzene rings is 2. The number of nitrogens with zero attached hydrogens (tertiary/aromatic N) is 1. The van der Waals surface area contributed by atoms with E-state index in [0.29, 0.717) is 17.0 Å². The molecule has 5 nitrogen and oxygen atoms in total. The van der Waals surface area contributed by atoms with Crippen molar-refractivity contribution < 1.29 is 14.4 Å². The summed E-state index contributed by atoms with van der Waals surface area (Å²) in [5.74, 6) is -0.679. The van der Waals surface area contributed by atoms with Gasteiger partial charge in [0, 0.05) is 10.6 Å². The SMILES string of the molecule is O=C(CN1C(=O)NC2(CCCc3ccccc32)C1=O)c1cccc(Cl)c1. The van der Waals surface area contributed by atoms with Gasteiger partial charge in [-0.3, -0.25) is 14.5 Å². The molecular weight excluding hydrogens is 352 g/mol. The zero-order chi connectivity index (χ0) is 18.3. The van der Waals surface area contributed by atoms with Crippen LogP contribution in [-0.4, -0.2) is 29.2 Å². The lowest BCUT2D eigenvalue weighted by molar-refractivity contribution is -0.131. The van der Waals surface area contributed by atoms with E-state index in [1.54, 1.807) is 18.2 Å². The summed E-state index contributed by atoms with van der Waals surface area (Å²) in [6.45, 7) is -0.297. The Hall–Kier alpha value is -2.66. The van der Waals surface area contributed by atoms with Crippen molar-refractivity contribution in [2.75, 3.05) is 6.54 Å². The number of rotatable bonds is 3. The van der Waals surface area contributed by atoms with Gasteiger partial charge in [0.2, 0.25) is 0 Å². The summed E-state index contributed by atoms with van der Waals surface area (Å²) in [6, 6.07) is 13.6. The Labute approximate surface area is 155 Å². The number of carbonyl (C=O) groups is 3. The van der Waals surface area contributed by atoms with E-state index in [9.17, 15) is 14.4 Å². The van der Waals surface area contributed by atoms with E-state index in [4.69, 9.17) is 11.6 Å². The first kappa shape index (κ1) is 16.8. The fraction of sp³-hybridized carbons (Fsp3) is 0.250. The number of ketones is 1. The van der Waals surface area contributed by atoms with Crippen molar-refractivity contribution in [1.29, 1.82) is 0 Å². The van der Waals surface area contributed by atoms with Crippen LogP contribution in [0.3, 0.4) is 0 Å². The van der Waals surface area contributed by atoms with Gasteiger partial charge in [0.15, 0.2) is 5.78 Å². The monoisotopic (exact) mass is 368 g/mol. The first-order valence-corrected chi connectivity index (χ1v) is 8.90. The second kappa shape index (κ2) is 6.25. The Morgan fingerprint density at radius 3 is 2.77 bits per heavy atom. The minimum Gasteiger partial charge on any atom is -0.319 e. The van der Waals surface area contributed by atoms with Crippen LogP contribution in [-0.2, 0) is 16.8 Å². The zero-order valence-electron chi connectivity index (χ0n) is 14.0. The number of Topliss-reactive ketones (excluding diaryl/α,β-unsaturated/α-hetero) is 1. The van der Waals surface area contributed by atoms with Crippen LogP contribution < -0.4 is 5.32 Å². The molecule has 1 N–H and O–H groups in total. The van der Waals surface area contributed by atoms with Crippen molar-refractivity contribution in [3.8, 4) is 0 Å². The quantitative estimate of drug-likeness (QED) is 0.667. The van der Waals surface area contributed by atoms with Gasteiger partial charge < -0.3 is 5.32 Å². The third-order valence-corrected chi connectivity index (χ3v) is 5.33. The number of nitrogens with one attached hydrogen (secondary N) is 1. The number of urea groups is 1. The van der Waals surface area contributed by atoms with Crippen LogP contribution in [0.4, 0.5) is 4.79 Å². The molecule has 6 heteroatoms. The molecule has 3 amide bonds. The number of hydrogen-bond donors (Lipinski definition) is 1. The summed E-state index contributed by atoms with van der Waals surface area (Å²) in [5.41, 5.74) is 1.22. The Morgan fingerprint density at radius 2 is 1.96 bits per heavy atom. The minimum absolute atomic E-state index is 0.297. The average molecular weight is 369 g/mol. The second-order valence-corrected chi connectivity index (χ2v) is 7.11. The Morgan fingerprint density at radius 1 is 1.15 bits per heavy atom. The molecule has 1 atom stereocenters. The Bertz CT molecular complexity index is 927. The lowest BCUT2D eigenvalue weighted by Gasteiger charge is -2.33. The highest BCUT2D eigenvalue weighted by Crippen LogP contribution is 2.39. The third-order valence-electron chi connectivity index (χ3n) is 5.10. The van der Waals surface area contributed by atoms with E-state index in [0.717, 1.165) is 28.9 Å². The summed E-state index contributed by atoms with van der Waals surface area (Å²) < 4.78 is 0. The lowest BCUT2D eigenvalue weighted by atomic mass is 9.76. The van der Waals surface area contributed by atoms with Crippen molar-refractivity contribution in [2.24, 2.45) is 0 Å². The summed E-state index contributed by atoms with van der Waals surface area (Å²) in [6.07, 6.45) is 2.22. The third kappa shape index (κ3) is 2.59. The van der Waals surface area contributed by atoms with E-state index in [2.05, 4.69) is 5.32 Å². The largest absolute Gasteiger partial charge is 0.325 e. The summed E-state index contributed by atoms with van der Waals surface area (Å²) in [4.78, 5) is 39.2. The first-order chi connectivity index (χ1) is 12.5. The van der Waals surface area contributed by atoms with E-state index in [-0.39, 0.29) is 18.2 Å². The normalized spacial score (nSPS) is 21.7. The average Bonchev–Trinajstić information content (AvgIpc) is 2.87. The van der Waals surface area contributed by atoms with E-state index >= 15 is 0 Å². The fourth-order valence-corrected chi connectivity index (χ4v) is 4.04. The maximum atomic E-state index is 13.2. The molecule has 0 bridgehead atoms. The number of amides is 3. The number of aryl methyl sites for hydroxylation is 1. The summed E-state index contributed by atoms with van der Waals surface area (Å²) in [7, 11) is 0. The van der Waals surface area contributed by atoms with Gasteiger partial charge in [-0.25, -0.2) is 4.79 Å². The lowest BCUT2D eigenvalue weighted by Crippen LogP contribution is -2.46. The molecule has 132 valence electrons. The summed E-state index contributed by atoms with van der Waals surface area (Å²) in [5, 5.41) is 3.29. The van der Waals surface area contributed by atoms with Crippen molar-refractivity contribution in [3.63, 3.8) is 0 Å². The van der Waals surface area contributed by atoms with Gasteiger partial charge in [0.1, 0.15) is 5.54 Å². The minimum atomic E-state index is -1.06. The predicted molar refractivity (Wildman–Crippen MR) is 97.1 cm³/mol. The second-order valence-electron chi connectivity index (χ2n) is 6.67. The molecule has 2 aliphatic rings. The molecule has 2 aromatic carbocycles. The van der Waals surface area contributed by atoms with Crippen molar-refractivity contribution in [1.82, 2.24) is 10.2 Å². The van der Waals surface area contributed by atoms with E-state index < -0.39 is 11.6 Å². The molecule has 1 aliphatic carbocycles. The molecule has 1 spiro atoms. The highest BCUT2D eigenvalue weighted by molar-refractivity contribution is 6.31. The van der Waals surface area contributed by atoms with Gasteiger partial charge in [0.05, 0.1) is 6.54 Å². The van der Waals surface area contributed by atoms with Crippen LogP contribution >= 0.6 is 11.6 Å². The van der Waals surface area contributed by atoms with Crippen LogP contribution in [0.1, 0.15) is 34.3 Å². The van der Waals surface area contributed by atoms with Gasteiger partial charge in [-0.05, 0) is 42.5 Å². The topological polar surface area (TPSA) is 66.5 Å². The zero-order valence-corrected chi connectivity index (χ0v) is 14.8. The molecular formula is C20H17ClN2O3. The number of imide groups is 1. The Balaban J connectivity index is 1.64. The van der Waals surface area contributed by atoms with Crippen LogP contribution in [0.2, 0.25) is 5.02 Å². The van der Waals surface area contributed by atoms with Gasteiger partial charge in [-0.15, -0.1) is 0 Å². The highest BCUT2D eigenvalue weighted by Gasteiger charge is 2.54. The van der Waals surface area contributed by atoms with Gasteiger partial charge in [-0.2, -0.15) is 0 Å².